The van der Waals surface area contributed by atoms with Crippen molar-refractivity contribution in [2.24, 2.45) is 0 Å². The van der Waals surface area contributed by atoms with Crippen LogP contribution in [0.15, 0.2) is 41.6 Å². The number of H-pyrrole nitrogens is 1. The molecule has 0 radical (unpaired) electrons. The summed E-state index contributed by atoms with van der Waals surface area (Å²) in [7, 11) is 0. The zero-order chi connectivity index (χ0) is 19.7. The third kappa shape index (κ3) is 3.31. The predicted molar refractivity (Wildman–Crippen MR) is 105 cm³/mol. The Morgan fingerprint density at radius 3 is 2.96 bits per heavy atom. The van der Waals surface area contributed by atoms with Gasteiger partial charge in [0.1, 0.15) is 12.2 Å². The summed E-state index contributed by atoms with van der Waals surface area (Å²) in [4.78, 5) is 42.5. The molecule has 0 saturated heterocycles. The smallest absolute Gasteiger partial charge is 0.256 e. The van der Waals surface area contributed by atoms with Gasteiger partial charge in [-0.05, 0) is 31.0 Å². The molecular formula is C21H21N5O2. The van der Waals surface area contributed by atoms with Crippen LogP contribution < -0.4 is 5.56 Å². The molecule has 1 N–H and O–H groups in total. The van der Waals surface area contributed by atoms with Gasteiger partial charge in [-0.3, -0.25) is 9.59 Å². The van der Waals surface area contributed by atoms with Crippen molar-refractivity contribution >= 4 is 5.91 Å². The topological polar surface area (TPSA) is 91.8 Å². The van der Waals surface area contributed by atoms with Gasteiger partial charge in [0.15, 0.2) is 0 Å². The average Bonchev–Trinajstić information content (AvgIpc) is 3.12. The minimum atomic E-state index is -0.170. The van der Waals surface area contributed by atoms with E-state index in [9.17, 15) is 9.59 Å². The van der Waals surface area contributed by atoms with Crippen LogP contribution in [0.2, 0.25) is 0 Å². The van der Waals surface area contributed by atoms with Gasteiger partial charge in [0.25, 0.3) is 11.5 Å². The van der Waals surface area contributed by atoms with Crippen LogP contribution in [0, 0.1) is 6.92 Å². The fraction of sp³-hybridized carbons (Fsp3) is 0.286. The Bertz CT molecular complexity index is 1110. The lowest BCUT2D eigenvalue weighted by Crippen LogP contribution is -2.26. The summed E-state index contributed by atoms with van der Waals surface area (Å²) in [6, 6.07) is 7.46. The molecule has 3 heterocycles. The highest BCUT2D eigenvalue weighted by Gasteiger charge is 2.28. The minimum Gasteiger partial charge on any atom is -0.328 e. The maximum absolute atomic E-state index is 13.1. The van der Waals surface area contributed by atoms with E-state index in [2.05, 4.69) is 26.9 Å². The molecule has 1 aliphatic rings. The summed E-state index contributed by atoms with van der Waals surface area (Å²) in [6.45, 7) is 4.47. The van der Waals surface area contributed by atoms with Crippen LogP contribution in [-0.4, -0.2) is 30.7 Å². The maximum atomic E-state index is 13.1. The normalized spacial score (nSPS) is 12.9. The highest BCUT2D eigenvalue weighted by Crippen LogP contribution is 2.25. The SMILES string of the molecule is CCCc1cncnc1-c1cccc(C(=O)N2Cc3nc(C)[nH]c(=O)c3C2)c1. The number of aromatic nitrogens is 4. The van der Waals surface area contributed by atoms with Gasteiger partial charge < -0.3 is 9.88 Å². The van der Waals surface area contributed by atoms with Crippen LogP contribution in [0.1, 0.15) is 46.3 Å². The third-order valence-electron chi connectivity index (χ3n) is 4.89. The Kier molecular flexibility index (Phi) is 4.73. The first-order valence-electron chi connectivity index (χ1n) is 9.34. The highest BCUT2D eigenvalue weighted by atomic mass is 16.2. The van der Waals surface area contributed by atoms with E-state index in [0.717, 1.165) is 29.7 Å². The van der Waals surface area contributed by atoms with Crippen LogP contribution in [0.3, 0.4) is 0 Å². The number of carbonyl (C=O) groups excluding carboxylic acids is 1. The van der Waals surface area contributed by atoms with E-state index < -0.39 is 0 Å². The Morgan fingerprint density at radius 2 is 2.14 bits per heavy atom. The second kappa shape index (κ2) is 7.34. The summed E-state index contributed by atoms with van der Waals surface area (Å²) in [5.74, 6) is 0.440. The number of nitrogens with zero attached hydrogens (tertiary/aromatic N) is 4. The van der Waals surface area contributed by atoms with Gasteiger partial charge in [0.05, 0.1) is 30.0 Å². The monoisotopic (exact) mass is 375 g/mol. The zero-order valence-electron chi connectivity index (χ0n) is 15.9. The first-order chi connectivity index (χ1) is 13.6. The number of aryl methyl sites for hydroxylation is 2. The summed E-state index contributed by atoms with van der Waals surface area (Å²) in [5, 5.41) is 0. The van der Waals surface area contributed by atoms with Gasteiger partial charge in [-0.25, -0.2) is 15.0 Å². The highest BCUT2D eigenvalue weighted by molar-refractivity contribution is 5.95. The standard InChI is InChI=1S/C21H21N5O2/c1-3-5-16-9-22-12-23-19(16)14-6-4-7-15(8-14)21(28)26-10-17-18(11-26)24-13(2)25-20(17)27/h4,6-9,12H,3,5,10-11H2,1-2H3,(H,24,25,27). The van der Waals surface area contributed by atoms with Gasteiger partial charge in [0, 0.05) is 17.3 Å². The van der Waals surface area contributed by atoms with Crippen molar-refractivity contribution in [3.8, 4) is 11.3 Å². The Hall–Kier alpha value is -3.35. The molecule has 0 fully saturated rings. The van der Waals surface area contributed by atoms with E-state index >= 15 is 0 Å². The summed E-state index contributed by atoms with van der Waals surface area (Å²) >= 11 is 0. The molecule has 7 nitrogen and oxygen atoms in total. The van der Waals surface area contributed by atoms with Crippen LogP contribution in [0.25, 0.3) is 11.3 Å². The van der Waals surface area contributed by atoms with E-state index in [1.54, 1.807) is 17.9 Å². The van der Waals surface area contributed by atoms with Crippen molar-refractivity contribution in [1.82, 2.24) is 24.8 Å². The van der Waals surface area contributed by atoms with E-state index in [-0.39, 0.29) is 18.0 Å². The van der Waals surface area contributed by atoms with Crippen molar-refractivity contribution in [1.29, 1.82) is 0 Å². The molecule has 1 aliphatic heterocycles. The Balaban J connectivity index is 1.63. The maximum Gasteiger partial charge on any atom is 0.256 e. The van der Waals surface area contributed by atoms with Crippen molar-refractivity contribution in [3.63, 3.8) is 0 Å². The summed E-state index contributed by atoms with van der Waals surface area (Å²) in [5.41, 5.74) is 4.44. The van der Waals surface area contributed by atoms with Crippen LogP contribution in [-0.2, 0) is 19.5 Å². The molecule has 1 amide bonds. The molecule has 28 heavy (non-hydrogen) atoms. The van der Waals surface area contributed by atoms with Gasteiger partial charge >= 0.3 is 0 Å². The number of carbonyl (C=O) groups is 1. The predicted octanol–water partition coefficient (Wildman–Crippen LogP) is 2.64. The first kappa shape index (κ1) is 18.0. The molecule has 1 aromatic carbocycles. The van der Waals surface area contributed by atoms with Crippen LogP contribution >= 0.6 is 0 Å². The van der Waals surface area contributed by atoms with E-state index in [1.807, 2.05) is 24.4 Å². The Labute approximate surface area is 162 Å². The lowest BCUT2D eigenvalue weighted by molar-refractivity contribution is 0.0750. The number of amides is 1. The fourth-order valence-corrected chi connectivity index (χ4v) is 3.59. The molecule has 142 valence electrons. The van der Waals surface area contributed by atoms with Gasteiger partial charge in [0.2, 0.25) is 0 Å². The van der Waals surface area contributed by atoms with Gasteiger partial charge in [-0.2, -0.15) is 0 Å². The van der Waals surface area contributed by atoms with E-state index in [0.29, 0.717) is 29.2 Å². The Morgan fingerprint density at radius 1 is 1.29 bits per heavy atom. The van der Waals surface area contributed by atoms with E-state index in [1.165, 1.54) is 6.33 Å². The molecule has 7 heteroatoms. The second-order valence-electron chi connectivity index (χ2n) is 6.97. The molecule has 4 rings (SSSR count). The number of hydrogen-bond donors (Lipinski definition) is 1. The van der Waals surface area contributed by atoms with Gasteiger partial charge in [-0.15, -0.1) is 0 Å². The molecular weight excluding hydrogens is 354 g/mol. The third-order valence-corrected chi connectivity index (χ3v) is 4.89. The number of aromatic amines is 1. The van der Waals surface area contributed by atoms with Crippen LogP contribution in [0.4, 0.5) is 0 Å². The number of rotatable bonds is 4. The molecule has 0 bridgehead atoms. The second-order valence-corrected chi connectivity index (χ2v) is 6.97. The molecule has 0 spiro atoms. The fourth-order valence-electron chi connectivity index (χ4n) is 3.59. The van der Waals surface area contributed by atoms with Crippen molar-refractivity contribution in [2.45, 2.75) is 39.8 Å². The molecule has 0 aliphatic carbocycles. The largest absolute Gasteiger partial charge is 0.328 e. The lowest BCUT2D eigenvalue weighted by Gasteiger charge is -2.16. The van der Waals surface area contributed by atoms with Crippen molar-refractivity contribution in [3.05, 3.63) is 75.4 Å². The van der Waals surface area contributed by atoms with Crippen molar-refractivity contribution in [2.75, 3.05) is 0 Å². The molecule has 0 saturated carbocycles. The minimum absolute atomic E-state index is 0.122. The summed E-state index contributed by atoms with van der Waals surface area (Å²) < 4.78 is 0. The van der Waals surface area contributed by atoms with Crippen LogP contribution in [0.5, 0.6) is 0 Å². The lowest BCUT2D eigenvalue weighted by atomic mass is 10.0. The molecule has 3 aromatic rings. The van der Waals surface area contributed by atoms with Gasteiger partial charge in [-0.1, -0.05) is 25.5 Å². The zero-order valence-corrected chi connectivity index (χ0v) is 15.9. The first-order valence-corrected chi connectivity index (χ1v) is 9.34. The van der Waals surface area contributed by atoms with Crippen molar-refractivity contribution < 1.29 is 4.79 Å². The number of benzene rings is 1. The molecule has 0 unspecified atom stereocenters. The molecule has 0 atom stereocenters. The number of fused-ring (bicyclic) bond motifs is 1. The summed E-state index contributed by atoms with van der Waals surface area (Å²) in [6.07, 6.45) is 5.23. The molecule has 2 aromatic heterocycles. The van der Waals surface area contributed by atoms with E-state index in [4.69, 9.17) is 0 Å². The quantitative estimate of drug-likeness (QED) is 0.757. The number of nitrogens with one attached hydrogen (secondary N) is 1. The average molecular weight is 375 g/mol. The number of hydrogen-bond acceptors (Lipinski definition) is 5.